The molecule has 1 aliphatic rings. The van der Waals surface area contributed by atoms with Crippen LogP contribution < -0.4 is 0 Å². The molecule has 2 aromatic rings. The van der Waals surface area contributed by atoms with E-state index in [1.807, 2.05) is 11.8 Å². The zero-order valence-electron chi connectivity index (χ0n) is 12.6. The van der Waals surface area contributed by atoms with E-state index in [4.69, 9.17) is 0 Å². The van der Waals surface area contributed by atoms with Crippen LogP contribution in [0.3, 0.4) is 0 Å². The Balaban J connectivity index is 1.76. The molecule has 0 spiro atoms. The van der Waals surface area contributed by atoms with Gasteiger partial charge >= 0.3 is 6.18 Å². The predicted molar refractivity (Wildman–Crippen MR) is 72.0 cm³/mol. The Hall–Kier alpha value is -2.04. The molecule has 8 nitrogen and oxygen atoms in total. The Morgan fingerprint density at radius 1 is 1.30 bits per heavy atom. The maximum atomic E-state index is 12.6. The molecule has 2 aromatic heterocycles. The van der Waals surface area contributed by atoms with Crippen molar-refractivity contribution in [3.8, 4) is 0 Å². The first-order valence-corrected chi connectivity index (χ1v) is 7.37. The van der Waals surface area contributed by atoms with Crippen LogP contribution >= 0.6 is 0 Å². The van der Waals surface area contributed by atoms with Gasteiger partial charge in [0.15, 0.2) is 11.6 Å². The lowest BCUT2D eigenvalue weighted by Crippen LogP contribution is -2.35. The van der Waals surface area contributed by atoms with Crippen molar-refractivity contribution in [3.63, 3.8) is 0 Å². The van der Waals surface area contributed by atoms with Gasteiger partial charge in [-0.1, -0.05) is 6.42 Å². The van der Waals surface area contributed by atoms with Crippen molar-refractivity contribution in [2.75, 3.05) is 6.54 Å². The molecule has 0 amide bonds. The third kappa shape index (κ3) is 3.84. The number of rotatable bonds is 4. The smallest absolute Gasteiger partial charge is 0.286 e. The number of H-pyrrole nitrogens is 1. The second kappa shape index (κ2) is 6.22. The number of likely N-dealkylation sites (tertiary alicyclic amines) is 1. The number of nitrogens with zero attached hydrogens (tertiary/aromatic N) is 7. The van der Waals surface area contributed by atoms with E-state index in [1.54, 1.807) is 0 Å². The molecular formula is C12H17F3N8. The lowest BCUT2D eigenvalue weighted by Gasteiger charge is -2.33. The fourth-order valence-electron chi connectivity index (χ4n) is 2.79. The van der Waals surface area contributed by atoms with Gasteiger partial charge in [-0.3, -0.25) is 10.00 Å². The van der Waals surface area contributed by atoms with Crippen molar-refractivity contribution in [3.05, 3.63) is 17.5 Å². The van der Waals surface area contributed by atoms with E-state index in [1.165, 1.54) is 0 Å². The second-order valence-corrected chi connectivity index (χ2v) is 5.63. The van der Waals surface area contributed by atoms with Crippen LogP contribution in [0.25, 0.3) is 0 Å². The van der Waals surface area contributed by atoms with Crippen LogP contribution in [-0.2, 0) is 13.1 Å². The Labute approximate surface area is 130 Å². The monoisotopic (exact) mass is 330 g/mol. The van der Waals surface area contributed by atoms with Gasteiger partial charge in [0.2, 0.25) is 0 Å². The molecule has 0 radical (unpaired) electrons. The predicted octanol–water partition coefficient (Wildman–Crippen LogP) is 1.39. The summed E-state index contributed by atoms with van der Waals surface area (Å²) in [5, 5.41) is 17.5. The van der Waals surface area contributed by atoms with E-state index >= 15 is 0 Å². The number of halogens is 3. The van der Waals surface area contributed by atoms with Crippen molar-refractivity contribution in [1.29, 1.82) is 0 Å². The van der Waals surface area contributed by atoms with E-state index in [0.717, 1.165) is 30.5 Å². The van der Waals surface area contributed by atoms with E-state index in [-0.39, 0.29) is 18.4 Å². The molecule has 0 aliphatic carbocycles. The number of hydrogen-bond acceptors (Lipinski definition) is 6. The molecule has 126 valence electrons. The number of nitrogens with one attached hydrogen (secondary N) is 1. The number of hydrogen-bond donors (Lipinski definition) is 1. The zero-order chi connectivity index (χ0) is 16.4. The zero-order valence-corrected chi connectivity index (χ0v) is 12.6. The largest absolute Gasteiger partial charge is 0.408 e. The SMILES string of the molecule is Cc1nc([C@H]2CCCCN2Cc2nnnn2CC(F)(F)F)n[nH]1. The standard InChI is InChI=1S/C12H17F3N8/c1-8-16-11(19-17-8)9-4-2-3-5-22(9)6-10-18-20-21-23(10)7-12(13,14)15/h9H,2-7H2,1H3,(H,16,17,19)/t9-/m1/s1. The highest BCUT2D eigenvalue weighted by atomic mass is 19.4. The summed E-state index contributed by atoms with van der Waals surface area (Å²) in [5.74, 6) is 1.57. The number of tetrazole rings is 1. The third-order valence-electron chi connectivity index (χ3n) is 3.81. The van der Waals surface area contributed by atoms with Crippen molar-refractivity contribution in [1.82, 2.24) is 40.3 Å². The molecule has 3 heterocycles. The van der Waals surface area contributed by atoms with Crippen LogP contribution in [0.4, 0.5) is 13.2 Å². The highest BCUT2D eigenvalue weighted by Gasteiger charge is 2.32. The lowest BCUT2D eigenvalue weighted by atomic mass is 10.0. The molecule has 3 rings (SSSR count). The molecule has 1 atom stereocenters. The average Bonchev–Trinajstić information content (AvgIpc) is 3.08. The van der Waals surface area contributed by atoms with Gasteiger partial charge in [0, 0.05) is 0 Å². The van der Waals surface area contributed by atoms with Crippen LogP contribution in [0.15, 0.2) is 0 Å². The van der Waals surface area contributed by atoms with Crippen molar-refractivity contribution >= 4 is 0 Å². The van der Waals surface area contributed by atoms with E-state index < -0.39 is 12.7 Å². The molecule has 0 bridgehead atoms. The van der Waals surface area contributed by atoms with Gasteiger partial charge in [-0.25, -0.2) is 9.67 Å². The van der Waals surface area contributed by atoms with Crippen LogP contribution in [-0.4, -0.2) is 53.0 Å². The Kier molecular flexibility index (Phi) is 4.28. The minimum Gasteiger partial charge on any atom is -0.286 e. The summed E-state index contributed by atoms with van der Waals surface area (Å²) >= 11 is 0. The molecule has 23 heavy (non-hydrogen) atoms. The van der Waals surface area contributed by atoms with Crippen LogP contribution in [0.1, 0.15) is 42.8 Å². The van der Waals surface area contributed by atoms with Gasteiger partial charge in [-0.15, -0.1) is 5.10 Å². The first kappa shape index (κ1) is 15.8. The van der Waals surface area contributed by atoms with Gasteiger partial charge in [-0.2, -0.15) is 18.3 Å². The quantitative estimate of drug-likeness (QED) is 0.911. The summed E-state index contributed by atoms with van der Waals surface area (Å²) < 4.78 is 38.5. The third-order valence-corrected chi connectivity index (χ3v) is 3.81. The minimum atomic E-state index is -4.35. The maximum Gasteiger partial charge on any atom is 0.408 e. The average molecular weight is 330 g/mol. The van der Waals surface area contributed by atoms with Gasteiger partial charge in [0.1, 0.15) is 12.4 Å². The molecule has 11 heteroatoms. The summed E-state index contributed by atoms with van der Waals surface area (Å²) in [6.45, 7) is 1.61. The fourth-order valence-corrected chi connectivity index (χ4v) is 2.79. The molecule has 0 aromatic carbocycles. The van der Waals surface area contributed by atoms with E-state index in [0.29, 0.717) is 11.6 Å². The summed E-state index contributed by atoms with van der Waals surface area (Å²) in [5.41, 5.74) is 0. The topological polar surface area (TPSA) is 88.4 Å². The maximum absolute atomic E-state index is 12.6. The van der Waals surface area contributed by atoms with Crippen LogP contribution in [0.5, 0.6) is 0 Å². The second-order valence-electron chi connectivity index (χ2n) is 5.63. The molecule has 0 saturated carbocycles. The summed E-state index contributed by atoms with van der Waals surface area (Å²) in [7, 11) is 0. The Bertz CT molecular complexity index is 649. The molecule has 1 N–H and O–H groups in total. The van der Waals surface area contributed by atoms with Gasteiger partial charge in [-0.05, 0) is 36.7 Å². The highest BCUT2D eigenvalue weighted by Crippen LogP contribution is 2.30. The number of aromatic nitrogens is 7. The van der Waals surface area contributed by atoms with Gasteiger partial charge < -0.3 is 0 Å². The van der Waals surface area contributed by atoms with Crippen molar-refractivity contribution < 1.29 is 13.2 Å². The summed E-state index contributed by atoms with van der Waals surface area (Å²) in [4.78, 5) is 6.38. The fraction of sp³-hybridized carbons (Fsp3) is 0.750. The number of alkyl halides is 3. The Morgan fingerprint density at radius 2 is 2.13 bits per heavy atom. The molecule has 1 aliphatic heterocycles. The van der Waals surface area contributed by atoms with Gasteiger partial charge in [0.25, 0.3) is 0 Å². The van der Waals surface area contributed by atoms with E-state index in [9.17, 15) is 13.2 Å². The van der Waals surface area contributed by atoms with Crippen LogP contribution in [0.2, 0.25) is 0 Å². The summed E-state index contributed by atoms with van der Waals surface area (Å²) in [6, 6.07) is -0.0373. The van der Waals surface area contributed by atoms with E-state index in [2.05, 4.69) is 30.7 Å². The highest BCUT2D eigenvalue weighted by molar-refractivity contribution is 4.99. The van der Waals surface area contributed by atoms with Crippen molar-refractivity contribution in [2.45, 2.75) is 51.5 Å². The normalized spacial score (nSPS) is 20.1. The first-order valence-electron chi connectivity index (χ1n) is 7.37. The molecule has 0 unspecified atom stereocenters. The number of piperidine rings is 1. The Morgan fingerprint density at radius 3 is 2.83 bits per heavy atom. The van der Waals surface area contributed by atoms with Gasteiger partial charge in [0.05, 0.1) is 12.6 Å². The molecule has 1 fully saturated rings. The van der Waals surface area contributed by atoms with Crippen LogP contribution in [0, 0.1) is 6.92 Å². The molecular weight excluding hydrogens is 313 g/mol. The minimum absolute atomic E-state index is 0.0373. The molecule has 1 saturated heterocycles. The lowest BCUT2D eigenvalue weighted by molar-refractivity contribution is -0.143. The summed E-state index contributed by atoms with van der Waals surface area (Å²) in [6.07, 6.45) is -1.49. The first-order chi connectivity index (χ1) is 10.9. The number of aromatic amines is 1. The number of aryl methyl sites for hydroxylation is 1. The van der Waals surface area contributed by atoms with Crippen molar-refractivity contribution in [2.24, 2.45) is 0 Å².